The molecule has 4 aromatic rings. The second-order valence-electron chi connectivity index (χ2n) is 4.71. The number of thiophene rings is 1. The SMILES string of the molecule is Cc1csc2nc(S(=O)(=O)Nc3cccc4sccc34)nn12. The molecule has 1 N–H and O–H groups in total. The van der Waals surface area contributed by atoms with Crippen LogP contribution in [-0.4, -0.2) is 23.0 Å². The number of hydrogen-bond acceptors (Lipinski definition) is 6. The first-order chi connectivity index (χ1) is 10.5. The Bertz CT molecular complexity index is 1090. The predicted molar refractivity (Wildman–Crippen MR) is 88.2 cm³/mol. The molecule has 0 saturated heterocycles. The Kier molecular flexibility index (Phi) is 2.96. The van der Waals surface area contributed by atoms with Crippen LogP contribution in [-0.2, 0) is 10.0 Å². The second kappa shape index (κ2) is 4.77. The van der Waals surface area contributed by atoms with Crippen LogP contribution in [0.3, 0.4) is 0 Å². The molecular formula is C13H10N4O2S3. The average molecular weight is 350 g/mol. The number of rotatable bonds is 3. The van der Waals surface area contributed by atoms with Crippen molar-refractivity contribution in [3.63, 3.8) is 0 Å². The molecule has 0 fully saturated rings. The van der Waals surface area contributed by atoms with E-state index in [9.17, 15) is 8.42 Å². The zero-order valence-corrected chi connectivity index (χ0v) is 13.8. The first kappa shape index (κ1) is 13.7. The lowest BCUT2D eigenvalue weighted by molar-refractivity contribution is 0.592. The van der Waals surface area contributed by atoms with E-state index in [2.05, 4.69) is 14.8 Å². The van der Waals surface area contributed by atoms with Crippen LogP contribution in [0.25, 0.3) is 15.0 Å². The van der Waals surface area contributed by atoms with Gasteiger partial charge in [-0.05, 0) is 30.5 Å². The van der Waals surface area contributed by atoms with Crippen molar-refractivity contribution in [2.45, 2.75) is 12.1 Å². The fourth-order valence-corrected chi connectivity index (χ4v) is 4.79. The van der Waals surface area contributed by atoms with Crippen molar-refractivity contribution in [1.29, 1.82) is 0 Å². The lowest BCUT2D eigenvalue weighted by Gasteiger charge is -2.06. The van der Waals surface area contributed by atoms with E-state index in [0.29, 0.717) is 10.6 Å². The minimum Gasteiger partial charge on any atom is -0.276 e. The molecule has 1 aromatic carbocycles. The third-order valence-electron chi connectivity index (χ3n) is 3.21. The molecule has 4 rings (SSSR count). The Balaban J connectivity index is 1.78. The van der Waals surface area contributed by atoms with Crippen molar-refractivity contribution in [3.8, 4) is 0 Å². The van der Waals surface area contributed by atoms with Crippen molar-refractivity contribution < 1.29 is 8.42 Å². The summed E-state index contributed by atoms with van der Waals surface area (Å²) in [6, 6.07) is 7.39. The van der Waals surface area contributed by atoms with Gasteiger partial charge in [-0.1, -0.05) is 6.07 Å². The summed E-state index contributed by atoms with van der Waals surface area (Å²) in [5.41, 5.74) is 1.39. The van der Waals surface area contributed by atoms with Crippen LogP contribution in [0.15, 0.2) is 40.2 Å². The lowest BCUT2D eigenvalue weighted by atomic mass is 10.2. The fourth-order valence-electron chi connectivity index (χ4n) is 2.16. The summed E-state index contributed by atoms with van der Waals surface area (Å²) in [5.74, 6) is 0. The van der Waals surface area contributed by atoms with Gasteiger partial charge in [0.2, 0.25) is 4.96 Å². The summed E-state index contributed by atoms with van der Waals surface area (Å²) in [5, 5.41) is 8.54. The van der Waals surface area contributed by atoms with Gasteiger partial charge in [0, 0.05) is 15.5 Å². The maximum Gasteiger partial charge on any atom is 0.299 e. The highest BCUT2D eigenvalue weighted by Crippen LogP contribution is 2.29. The summed E-state index contributed by atoms with van der Waals surface area (Å²) in [4.78, 5) is 4.65. The van der Waals surface area contributed by atoms with Gasteiger partial charge in [-0.25, -0.2) is 4.52 Å². The number of benzene rings is 1. The largest absolute Gasteiger partial charge is 0.299 e. The monoisotopic (exact) mass is 350 g/mol. The van der Waals surface area contributed by atoms with E-state index < -0.39 is 10.0 Å². The normalized spacial score (nSPS) is 12.2. The Morgan fingerprint density at radius 3 is 2.91 bits per heavy atom. The van der Waals surface area contributed by atoms with Crippen LogP contribution in [0, 0.1) is 6.92 Å². The maximum atomic E-state index is 12.5. The Labute approximate surface area is 134 Å². The number of nitrogens with zero attached hydrogens (tertiary/aromatic N) is 3. The van der Waals surface area contributed by atoms with E-state index in [1.165, 1.54) is 15.9 Å². The van der Waals surface area contributed by atoms with E-state index >= 15 is 0 Å². The highest BCUT2D eigenvalue weighted by molar-refractivity contribution is 7.92. The minimum absolute atomic E-state index is 0.213. The quantitative estimate of drug-likeness (QED) is 0.616. The first-order valence-electron chi connectivity index (χ1n) is 6.34. The number of thiazole rings is 1. The van der Waals surface area contributed by atoms with Crippen LogP contribution in [0.1, 0.15) is 5.69 Å². The number of aryl methyl sites for hydroxylation is 1. The van der Waals surface area contributed by atoms with E-state index in [0.717, 1.165) is 15.8 Å². The molecule has 0 amide bonds. The number of fused-ring (bicyclic) bond motifs is 2. The average Bonchev–Trinajstić information content (AvgIpc) is 3.16. The van der Waals surface area contributed by atoms with Gasteiger partial charge in [0.05, 0.1) is 11.4 Å². The lowest BCUT2D eigenvalue weighted by Crippen LogP contribution is -2.15. The molecule has 22 heavy (non-hydrogen) atoms. The van der Waals surface area contributed by atoms with Crippen LogP contribution in [0.4, 0.5) is 5.69 Å². The molecule has 0 saturated carbocycles. The smallest absolute Gasteiger partial charge is 0.276 e. The van der Waals surface area contributed by atoms with Crippen molar-refractivity contribution in [2.75, 3.05) is 4.72 Å². The molecule has 0 bridgehead atoms. The summed E-state index contributed by atoms with van der Waals surface area (Å²) >= 11 is 2.92. The van der Waals surface area contributed by atoms with Gasteiger partial charge < -0.3 is 0 Å². The number of aromatic nitrogens is 3. The number of anilines is 1. The third kappa shape index (κ3) is 2.09. The molecule has 3 heterocycles. The van der Waals surface area contributed by atoms with Gasteiger partial charge in [0.1, 0.15) is 0 Å². The molecule has 0 unspecified atom stereocenters. The summed E-state index contributed by atoms with van der Waals surface area (Å²) < 4.78 is 30.1. The van der Waals surface area contributed by atoms with Crippen molar-refractivity contribution in [3.05, 3.63) is 40.7 Å². The van der Waals surface area contributed by atoms with Gasteiger partial charge in [0.25, 0.3) is 15.2 Å². The van der Waals surface area contributed by atoms with Crippen molar-refractivity contribution in [1.82, 2.24) is 14.6 Å². The van der Waals surface area contributed by atoms with Gasteiger partial charge in [-0.15, -0.1) is 27.8 Å². The maximum absolute atomic E-state index is 12.5. The molecule has 0 radical (unpaired) electrons. The van der Waals surface area contributed by atoms with Crippen LogP contribution >= 0.6 is 22.7 Å². The van der Waals surface area contributed by atoms with Crippen molar-refractivity contribution >= 4 is 53.4 Å². The van der Waals surface area contributed by atoms with Gasteiger partial charge in [0.15, 0.2) is 0 Å². The van der Waals surface area contributed by atoms with Crippen LogP contribution < -0.4 is 4.72 Å². The number of sulfonamides is 1. The zero-order chi connectivity index (χ0) is 15.3. The van der Waals surface area contributed by atoms with Gasteiger partial charge in [-0.2, -0.15) is 13.4 Å². The molecule has 0 aliphatic rings. The van der Waals surface area contributed by atoms with E-state index in [1.807, 2.05) is 35.9 Å². The van der Waals surface area contributed by atoms with Crippen molar-refractivity contribution in [2.24, 2.45) is 0 Å². The minimum atomic E-state index is -3.81. The molecule has 0 aliphatic heterocycles. The first-order valence-corrected chi connectivity index (χ1v) is 9.59. The van der Waals surface area contributed by atoms with E-state index in [-0.39, 0.29) is 5.16 Å². The summed E-state index contributed by atoms with van der Waals surface area (Å²) in [6.07, 6.45) is 0. The predicted octanol–water partition coefficient (Wildman–Crippen LogP) is 3.11. The molecule has 6 nitrogen and oxygen atoms in total. The summed E-state index contributed by atoms with van der Waals surface area (Å²) in [7, 11) is -3.81. The van der Waals surface area contributed by atoms with E-state index in [1.54, 1.807) is 17.4 Å². The Morgan fingerprint density at radius 1 is 1.23 bits per heavy atom. The topological polar surface area (TPSA) is 76.4 Å². The molecule has 112 valence electrons. The molecule has 9 heteroatoms. The fraction of sp³-hybridized carbons (Fsp3) is 0.0769. The summed E-state index contributed by atoms with van der Waals surface area (Å²) in [6.45, 7) is 1.86. The molecule has 0 atom stereocenters. The second-order valence-corrected chi connectivity index (χ2v) is 8.07. The molecule has 3 aromatic heterocycles. The van der Waals surface area contributed by atoms with Gasteiger partial charge >= 0.3 is 0 Å². The van der Waals surface area contributed by atoms with Crippen LogP contribution in [0.2, 0.25) is 0 Å². The van der Waals surface area contributed by atoms with E-state index in [4.69, 9.17) is 0 Å². The molecular weight excluding hydrogens is 340 g/mol. The molecule has 0 spiro atoms. The Morgan fingerprint density at radius 2 is 2.09 bits per heavy atom. The number of hydrogen-bond donors (Lipinski definition) is 1. The zero-order valence-electron chi connectivity index (χ0n) is 11.3. The number of nitrogens with one attached hydrogen (secondary N) is 1. The molecule has 0 aliphatic carbocycles. The standard InChI is InChI=1S/C13H10N4O2S3/c1-8-7-21-13-14-12(15-17(8)13)22(18,19)16-10-3-2-4-11-9(10)5-6-20-11/h2-7,16H,1H3. The highest BCUT2D eigenvalue weighted by atomic mass is 32.2. The highest BCUT2D eigenvalue weighted by Gasteiger charge is 2.22. The Hall–Kier alpha value is -1.97. The van der Waals surface area contributed by atoms with Crippen LogP contribution in [0.5, 0.6) is 0 Å². The van der Waals surface area contributed by atoms with Gasteiger partial charge in [-0.3, -0.25) is 4.72 Å². The third-order valence-corrected chi connectivity index (χ3v) is 6.17.